The van der Waals surface area contributed by atoms with Crippen LogP contribution >= 0.6 is 11.6 Å². The maximum atomic E-state index is 6.24. The summed E-state index contributed by atoms with van der Waals surface area (Å²) in [5.74, 6) is 2.80. The van der Waals surface area contributed by atoms with Crippen molar-refractivity contribution in [1.29, 1.82) is 0 Å². The lowest BCUT2D eigenvalue weighted by atomic mass is 9.91. The second kappa shape index (κ2) is 8.83. The van der Waals surface area contributed by atoms with Gasteiger partial charge in [0.25, 0.3) is 0 Å². The predicted octanol–water partition coefficient (Wildman–Crippen LogP) is 5.08. The lowest BCUT2D eigenvalue weighted by Crippen LogP contribution is -2.26. The van der Waals surface area contributed by atoms with E-state index in [1.165, 1.54) is 5.56 Å². The molecule has 0 bridgehead atoms. The van der Waals surface area contributed by atoms with E-state index in [0.29, 0.717) is 34.2 Å². The van der Waals surface area contributed by atoms with Crippen molar-refractivity contribution in [2.24, 2.45) is 0 Å². The van der Waals surface area contributed by atoms with Gasteiger partial charge in [0.05, 0.1) is 17.4 Å². The number of hydrogen-bond acceptors (Lipinski definition) is 7. The molecule has 31 heavy (non-hydrogen) atoms. The fourth-order valence-electron chi connectivity index (χ4n) is 3.76. The van der Waals surface area contributed by atoms with E-state index in [-0.39, 0.29) is 0 Å². The molecule has 8 heteroatoms. The molecule has 0 spiro atoms. The topological polar surface area (TPSA) is 84.9 Å². The van der Waals surface area contributed by atoms with Gasteiger partial charge in [-0.05, 0) is 55.6 Å². The Kier molecular flexibility index (Phi) is 5.60. The van der Waals surface area contributed by atoms with Crippen molar-refractivity contribution in [1.82, 2.24) is 25.5 Å². The second-order valence-corrected chi connectivity index (χ2v) is 7.87. The molecule has 0 radical (unpaired) electrons. The van der Waals surface area contributed by atoms with Crippen LogP contribution in [0.1, 0.15) is 24.3 Å². The highest BCUT2D eigenvalue weighted by molar-refractivity contribution is 6.32. The van der Waals surface area contributed by atoms with E-state index in [0.717, 1.165) is 36.7 Å². The molecular weight excluding hydrogens is 412 g/mol. The number of fused-ring (bicyclic) bond motifs is 1. The van der Waals surface area contributed by atoms with E-state index in [1.54, 1.807) is 24.5 Å². The molecule has 1 aliphatic rings. The largest absolute Gasteiger partial charge is 0.437 e. The van der Waals surface area contributed by atoms with Gasteiger partial charge in [-0.15, -0.1) is 0 Å². The number of rotatable bonds is 5. The summed E-state index contributed by atoms with van der Waals surface area (Å²) >= 11 is 6.24. The highest BCUT2D eigenvalue weighted by Crippen LogP contribution is 2.32. The van der Waals surface area contributed by atoms with Crippen LogP contribution in [0.25, 0.3) is 10.8 Å². The van der Waals surface area contributed by atoms with Crippen LogP contribution in [0.2, 0.25) is 5.02 Å². The molecule has 1 fully saturated rings. The van der Waals surface area contributed by atoms with Gasteiger partial charge in [-0.1, -0.05) is 29.8 Å². The lowest BCUT2D eigenvalue weighted by Gasteiger charge is -2.22. The summed E-state index contributed by atoms with van der Waals surface area (Å²) in [6.45, 7) is 2.11. The first-order valence-corrected chi connectivity index (χ1v) is 10.6. The molecule has 1 aromatic carbocycles. The summed E-state index contributed by atoms with van der Waals surface area (Å²) in [4.78, 5) is 9.25. The number of pyridine rings is 2. The number of benzene rings is 1. The van der Waals surface area contributed by atoms with Gasteiger partial charge < -0.3 is 15.4 Å². The van der Waals surface area contributed by atoms with Crippen molar-refractivity contribution in [3.05, 3.63) is 71.6 Å². The number of anilines is 2. The Labute approximate surface area is 184 Å². The van der Waals surface area contributed by atoms with Gasteiger partial charge in [-0.3, -0.25) is 0 Å². The first-order valence-electron chi connectivity index (χ1n) is 10.2. The molecule has 4 heterocycles. The van der Waals surface area contributed by atoms with Gasteiger partial charge in [0.15, 0.2) is 0 Å². The molecule has 5 rings (SSSR count). The van der Waals surface area contributed by atoms with Crippen molar-refractivity contribution in [3.63, 3.8) is 0 Å². The standard InChI is InChI=1S/C23H21ClN6O/c24-19-3-1-2-4-20(19)31-22-11-17-13-27-28-14-18(17)23(30-22)29-21-6-5-16(12-26-21)15-7-9-25-10-8-15/h1-6,11-15,25H,7-10H2,(H,26,29,30). The maximum absolute atomic E-state index is 6.24. The lowest BCUT2D eigenvalue weighted by molar-refractivity contribution is 0.459. The molecule has 156 valence electrons. The summed E-state index contributed by atoms with van der Waals surface area (Å²) in [5.41, 5.74) is 1.27. The number of hydrogen-bond donors (Lipinski definition) is 2. The molecule has 1 saturated heterocycles. The quantitative estimate of drug-likeness (QED) is 0.455. The van der Waals surface area contributed by atoms with E-state index < -0.39 is 0 Å². The van der Waals surface area contributed by atoms with Gasteiger partial charge in [-0.2, -0.15) is 15.2 Å². The highest BCUT2D eigenvalue weighted by atomic mass is 35.5. The van der Waals surface area contributed by atoms with E-state index in [4.69, 9.17) is 16.3 Å². The number of halogens is 1. The summed E-state index contributed by atoms with van der Waals surface area (Å²) in [6.07, 6.45) is 7.58. The van der Waals surface area contributed by atoms with Crippen molar-refractivity contribution in [3.8, 4) is 11.6 Å². The first-order chi connectivity index (χ1) is 15.3. The average Bonchev–Trinajstić information content (AvgIpc) is 2.82. The normalized spacial score (nSPS) is 14.5. The van der Waals surface area contributed by atoms with Gasteiger partial charge in [0, 0.05) is 23.0 Å². The SMILES string of the molecule is Clc1ccccc1Oc1cc2cnncc2c(Nc2ccc(C3CCNCC3)cn2)n1. The van der Waals surface area contributed by atoms with Crippen LogP contribution in [0.15, 0.2) is 61.1 Å². The Balaban J connectivity index is 1.44. The average molecular weight is 433 g/mol. The van der Waals surface area contributed by atoms with Gasteiger partial charge in [0.1, 0.15) is 17.4 Å². The Morgan fingerprint density at radius 3 is 2.65 bits per heavy atom. The van der Waals surface area contributed by atoms with Crippen LogP contribution in [0.4, 0.5) is 11.6 Å². The smallest absolute Gasteiger partial charge is 0.221 e. The molecule has 3 aromatic heterocycles. The van der Waals surface area contributed by atoms with Crippen LogP contribution in [0.5, 0.6) is 11.6 Å². The van der Waals surface area contributed by atoms with Crippen LogP contribution in [-0.2, 0) is 0 Å². The Bertz CT molecular complexity index is 1190. The molecule has 2 N–H and O–H groups in total. The zero-order valence-corrected chi connectivity index (χ0v) is 17.5. The minimum absolute atomic E-state index is 0.405. The third-order valence-corrected chi connectivity index (χ3v) is 5.72. The Hall–Kier alpha value is -3.29. The number of piperidine rings is 1. The molecule has 0 amide bonds. The molecule has 0 unspecified atom stereocenters. The second-order valence-electron chi connectivity index (χ2n) is 7.46. The summed E-state index contributed by atoms with van der Waals surface area (Å²) in [7, 11) is 0. The first kappa shape index (κ1) is 19.7. The molecular formula is C23H21ClN6O. The van der Waals surface area contributed by atoms with E-state index in [2.05, 4.69) is 36.9 Å². The van der Waals surface area contributed by atoms with E-state index in [1.807, 2.05) is 30.5 Å². The summed E-state index contributed by atoms with van der Waals surface area (Å²) in [6, 6.07) is 13.2. The van der Waals surface area contributed by atoms with Gasteiger partial charge >= 0.3 is 0 Å². The molecule has 1 aliphatic heterocycles. The van der Waals surface area contributed by atoms with E-state index >= 15 is 0 Å². The molecule has 0 aliphatic carbocycles. The van der Waals surface area contributed by atoms with Crippen molar-refractivity contribution in [2.45, 2.75) is 18.8 Å². The third kappa shape index (κ3) is 4.42. The predicted molar refractivity (Wildman–Crippen MR) is 121 cm³/mol. The minimum Gasteiger partial charge on any atom is -0.437 e. The fraction of sp³-hybridized carbons (Fsp3) is 0.217. The third-order valence-electron chi connectivity index (χ3n) is 5.41. The number of nitrogens with zero attached hydrogens (tertiary/aromatic N) is 4. The number of nitrogens with one attached hydrogen (secondary N) is 2. The highest BCUT2D eigenvalue weighted by Gasteiger charge is 2.16. The van der Waals surface area contributed by atoms with Gasteiger partial charge in [-0.25, -0.2) is 4.98 Å². The zero-order chi connectivity index (χ0) is 21.0. The minimum atomic E-state index is 0.405. The van der Waals surface area contributed by atoms with Crippen LogP contribution < -0.4 is 15.4 Å². The number of aromatic nitrogens is 4. The van der Waals surface area contributed by atoms with Crippen LogP contribution in [0, 0.1) is 0 Å². The van der Waals surface area contributed by atoms with Crippen LogP contribution in [0.3, 0.4) is 0 Å². The van der Waals surface area contributed by atoms with E-state index in [9.17, 15) is 0 Å². The zero-order valence-electron chi connectivity index (χ0n) is 16.8. The van der Waals surface area contributed by atoms with Gasteiger partial charge in [0.2, 0.25) is 5.88 Å². The van der Waals surface area contributed by atoms with Crippen molar-refractivity contribution < 1.29 is 4.74 Å². The number of para-hydroxylation sites is 1. The Morgan fingerprint density at radius 2 is 1.84 bits per heavy atom. The molecule has 0 saturated carbocycles. The molecule has 7 nitrogen and oxygen atoms in total. The fourth-order valence-corrected chi connectivity index (χ4v) is 3.94. The monoisotopic (exact) mass is 432 g/mol. The molecule has 4 aromatic rings. The molecule has 0 atom stereocenters. The number of ether oxygens (including phenoxy) is 1. The summed E-state index contributed by atoms with van der Waals surface area (Å²) in [5, 5.41) is 16.9. The Morgan fingerprint density at radius 1 is 1.00 bits per heavy atom. The summed E-state index contributed by atoms with van der Waals surface area (Å²) < 4.78 is 5.94. The van der Waals surface area contributed by atoms with Crippen molar-refractivity contribution in [2.75, 3.05) is 18.4 Å². The van der Waals surface area contributed by atoms with Crippen molar-refractivity contribution >= 4 is 34.0 Å². The maximum Gasteiger partial charge on any atom is 0.221 e. The van der Waals surface area contributed by atoms with Crippen LogP contribution in [-0.4, -0.2) is 33.3 Å².